The van der Waals surface area contributed by atoms with E-state index in [2.05, 4.69) is 6.92 Å². The third kappa shape index (κ3) is 8.76. The fraction of sp³-hybridized carbons (Fsp3) is 0.355. The van der Waals surface area contributed by atoms with Crippen LogP contribution in [0.5, 0.6) is 5.75 Å². The van der Waals surface area contributed by atoms with Gasteiger partial charge in [-0.05, 0) is 49.1 Å². The SMILES string of the molecule is CCCCCCOc1ccccc1C(O)N(C(=O)c1ccc(-c2ccccc2)cc1)C(C)CC.O=CO. The average Bonchev–Trinajstić information content (AvgIpc) is 2.94. The Bertz CT molecular complexity index is 1070. The summed E-state index contributed by atoms with van der Waals surface area (Å²) in [6.45, 7) is 6.52. The first kappa shape index (κ1) is 29.6. The van der Waals surface area contributed by atoms with Gasteiger partial charge in [0.2, 0.25) is 0 Å². The standard InChI is InChI=1S/C30H37NO3.CH2O2/c1-4-6-7-13-22-34-28-17-12-11-16-27(28)30(33)31(23(3)5-2)29(32)26-20-18-25(19-21-26)24-14-9-8-10-15-24;2-1-3/h8-12,14-21,23,30,33H,4-7,13,22H2,1-3H3;1H,(H,2,3). The van der Waals surface area contributed by atoms with Gasteiger partial charge >= 0.3 is 0 Å². The van der Waals surface area contributed by atoms with Crippen LogP contribution in [-0.4, -0.2) is 40.1 Å². The lowest BCUT2D eigenvalue weighted by Gasteiger charge is -2.34. The van der Waals surface area contributed by atoms with Crippen LogP contribution < -0.4 is 4.74 Å². The van der Waals surface area contributed by atoms with Crippen molar-refractivity contribution in [1.82, 2.24) is 4.90 Å². The number of carbonyl (C=O) groups is 2. The molecule has 3 aromatic rings. The smallest absolute Gasteiger partial charge is 0.290 e. The molecule has 6 heteroatoms. The molecule has 0 fully saturated rings. The Hall–Kier alpha value is -3.64. The molecule has 0 aliphatic rings. The van der Waals surface area contributed by atoms with E-state index in [0.717, 1.165) is 30.4 Å². The van der Waals surface area contributed by atoms with Crippen LogP contribution in [0.25, 0.3) is 11.1 Å². The van der Waals surface area contributed by atoms with Crippen molar-refractivity contribution >= 4 is 12.4 Å². The maximum atomic E-state index is 13.6. The number of ether oxygens (including phenoxy) is 1. The van der Waals surface area contributed by atoms with Gasteiger partial charge in [-0.15, -0.1) is 0 Å². The van der Waals surface area contributed by atoms with Crippen LogP contribution in [-0.2, 0) is 4.79 Å². The number of aliphatic hydroxyl groups is 1. The van der Waals surface area contributed by atoms with E-state index in [0.29, 0.717) is 23.5 Å². The van der Waals surface area contributed by atoms with E-state index in [4.69, 9.17) is 14.6 Å². The summed E-state index contributed by atoms with van der Waals surface area (Å²) in [6.07, 6.45) is 4.09. The summed E-state index contributed by atoms with van der Waals surface area (Å²) >= 11 is 0. The quantitative estimate of drug-likeness (QED) is 0.158. The molecule has 1 amide bonds. The Balaban J connectivity index is 0.00000153. The molecule has 0 aromatic heterocycles. The molecule has 0 radical (unpaired) electrons. The molecule has 0 saturated carbocycles. The van der Waals surface area contributed by atoms with Gasteiger partial charge in [0.15, 0.2) is 6.23 Å². The number of hydrogen-bond donors (Lipinski definition) is 2. The topological polar surface area (TPSA) is 87.1 Å². The van der Waals surface area contributed by atoms with Crippen molar-refractivity contribution in [3.8, 4) is 16.9 Å². The number of unbranched alkanes of at least 4 members (excludes halogenated alkanes) is 3. The van der Waals surface area contributed by atoms with Crippen molar-refractivity contribution in [2.24, 2.45) is 0 Å². The van der Waals surface area contributed by atoms with E-state index >= 15 is 0 Å². The minimum Gasteiger partial charge on any atom is -0.493 e. The van der Waals surface area contributed by atoms with Crippen molar-refractivity contribution < 1.29 is 24.5 Å². The summed E-state index contributed by atoms with van der Waals surface area (Å²) in [5.74, 6) is 0.436. The first-order valence-electron chi connectivity index (χ1n) is 12.9. The summed E-state index contributed by atoms with van der Waals surface area (Å²) < 4.78 is 6.02. The summed E-state index contributed by atoms with van der Waals surface area (Å²) in [5.41, 5.74) is 3.32. The second-order valence-electron chi connectivity index (χ2n) is 8.84. The van der Waals surface area contributed by atoms with Crippen LogP contribution in [0.1, 0.15) is 75.0 Å². The third-order valence-electron chi connectivity index (χ3n) is 6.26. The Labute approximate surface area is 220 Å². The molecule has 0 saturated heterocycles. The van der Waals surface area contributed by atoms with Crippen molar-refractivity contribution in [3.05, 3.63) is 90.0 Å². The van der Waals surface area contributed by atoms with E-state index in [1.54, 1.807) is 4.90 Å². The fourth-order valence-electron chi connectivity index (χ4n) is 4.02. The minimum absolute atomic E-state index is 0.145. The molecule has 6 nitrogen and oxygen atoms in total. The zero-order chi connectivity index (χ0) is 27.0. The predicted octanol–water partition coefficient (Wildman–Crippen LogP) is 6.95. The highest BCUT2D eigenvalue weighted by molar-refractivity contribution is 5.95. The van der Waals surface area contributed by atoms with Gasteiger partial charge in [0.1, 0.15) is 5.75 Å². The van der Waals surface area contributed by atoms with Gasteiger partial charge in [0, 0.05) is 17.2 Å². The van der Waals surface area contributed by atoms with Crippen LogP contribution in [0.2, 0.25) is 0 Å². The van der Waals surface area contributed by atoms with E-state index < -0.39 is 6.23 Å². The van der Waals surface area contributed by atoms with Crippen molar-refractivity contribution in [2.75, 3.05) is 6.61 Å². The molecular weight excluding hydrogens is 466 g/mol. The number of para-hydroxylation sites is 1. The summed E-state index contributed by atoms with van der Waals surface area (Å²) in [6, 6.07) is 25.0. The summed E-state index contributed by atoms with van der Waals surface area (Å²) in [4.78, 5) is 23.5. The monoisotopic (exact) mass is 505 g/mol. The van der Waals surface area contributed by atoms with E-state index in [9.17, 15) is 9.90 Å². The van der Waals surface area contributed by atoms with Gasteiger partial charge in [0.25, 0.3) is 12.4 Å². The van der Waals surface area contributed by atoms with Crippen LogP contribution >= 0.6 is 0 Å². The lowest BCUT2D eigenvalue weighted by molar-refractivity contribution is -0.122. The molecule has 0 heterocycles. The lowest BCUT2D eigenvalue weighted by atomic mass is 10.0. The molecule has 2 unspecified atom stereocenters. The maximum absolute atomic E-state index is 13.6. The molecule has 37 heavy (non-hydrogen) atoms. The van der Waals surface area contributed by atoms with E-state index in [1.807, 2.05) is 92.7 Å². The number of aliphatic hydroxyl groups excluding tert-OH is 1. The van der Waals surface area contributed by atoms with Gasteiger partial charge < -0.3 is 19.8 Å². The molecule has 0 aliphatic heterocycles. The normalized spacial score (nSPS) is 12.0. The number of nitrogens with zero attached hydrogens (tertiary/aromatic N) is 1. The highest BCUT2D eigenvalue weighted by Crippen LogP contribution is 2.31. The van der Waals surface area contributed by atoms with Crippen molar-refractivity contribution in [1.29, 1.82) is 0 Å². The summed E-state index contributed by atoms with van der Waals surface area (Å²) in [7, 11) is 0. The molecule has 0 aliphatic carbocycles. The fourth-order valence-corrected chi connectivity index (χ4v) is 4.02. The first-order chi connectivity index (χ1) is 18.0. The highest BCUT2D eigenvalue weighted by atomic mass is 16.5. The Morgan fingerprint density at radius 3 is 2.11 bits per heavy atom. The van der Waals surface area contributed by atoms with Crippen LogP contribution in [0.3, 0.4) is 0 Å². The molecule has 3 rings (SSSR count). The maximum Gasteiger partial charge on any atom is 0.290 e. The van der Waals surface area contributed by atoms with Crippen LogP contribution in [0, 0.1) is 0 Å². The zero-order valence-corrected chi connectivity index (χ0v) is 22.0. The average molecular weight is 506 g/mol. The molecule has 0 spiro atoms. The molecule has 3 aromatic carbocycles. The largest absolute Gasteiger partial charge is 0.493 e. The number of rotatable bonds is 12. The Morgan fingerprint density at radius 1 is 0.892 bits per heavy atom. The third-order valence-corrected chi connectivity index (χ3v) is 6.26. The predicted molar refractivity (Wildman–Crippen MR) is 148 cm³/mol. The van der Waals surface area contributed by atoms with E-state index in [1.165, 1.54) is 12.8 Å². The van der Waals surface area contributed by atoms with Crippen LogP contribution in [0.15, 0.2) is 78.9 Å². The Morgan fingerprint density at radius 2 is 1.49 bits per heavy atom. The number of carbonyl (C=O) groups excluding carboxylic acids is 1. The molecule has 2 atom stereocenters. The van der Waals surface area contributed by atoms with Gasteiger partial charge in [-0.2, -0.15) is 0 Å². The minimum atomic E-state index is -1.09. The molecule has 0 bridgehead atoms. The van der Waals surface area contributed by atoms with Gasteiger partial charge in [0.05, 0.1) is 6.61 Å². The van der Waals surface area contributed by atoms with Gasteiger partial charge in [-0.3, -0.25) is 9.59 Å². The highest BCUT2D eigenvalue weighted by Gasteiger charge is 2.30. The number of benzene rings is 3. The van der Waals surface area contributed by atoms with Crippen LogP contribution in [0.4, 0.5) is 0 Å². The second kappa shape index (κ2) is 16.2. The lowest BCUT2D eigenvalue weighted by Crippen LogP contribution is -2.41. The van der Waals surface area contributed by atoms with Crippen molar-refractivity contribution in [2.45, 2.75) is 65.1 Å². The van der Waals surface area contributed by atoms with E-state index in [-0.39, 0.29) is 18.4 Å². The number of amides is 1. The number of carboxylic acid groups (broad SMARTS) is 1. The zero-order valence-electron chi connectivity index (χ0n) is 22.0. The Kier molecular flexibility index (Phi) is 12.9. The van der Waals surface area contributed by atoms with Gasteiger partial charge in [-0.1, -0.05) is 93.8 Å². The second-order valence-corrected chi connectivity index (χ2v) is 8.84. The molecule has 2 N–H and O–H groups in total. The summed E-state index contributed by atoms with van der Waals surface area (Å²) in [5, 5.41) is 18.3. The first-order valence-corrected chi connectivity index (χ1v) is 12.9. The molecular formula is C31H39NO5. The number of hydrogen-bond acceptors (Lipinski definition) is 4. The van der Waals surface area contributed by atoms with Gasteiger partial charge in [-0.25, -0.2) is 0 Å². The molecule has 198 valence electrons. The van der Waals surface area contributed by atoms with Crippen molar-refractivity contribution in [3.63, 3.8) is 0 Å².